The lowest BCUT2D eigenvalue weighted by Gasteiger charge is -2.23. The highest BCUT2D eigenvalue weighted by atomic mass is 16.5. The number of nitrogens with one attached hydrogen (secondary N) is 2. The maximum Gasteiger partial charge on any atom is 0.244 e. The van der Waals surface area contributed by atoms with Gasteiger partial charge in [-0.2, -0.15) is 0 Å². The number of furan rings is 1. The van der Waals surface area contributed by atoms with Gasteiger partial charge >= 0.3 is 0 Å². The van der Waals surface area contributed by atoms with Crippen LogP contribution in [0.25, 0.3) is 6.08 Å². The second-order valence-corrected chi connectivity index (χ2v) is 3.79. The largest absolute Gasteiger partial charge is 0.465 e. The average molecular weight is 236 g/mol. The Balaban J connectivity index is 1.70. The molecule has 0 spiro atoms. The normalized spacial score (nSPS) is 20.6. The van der Waals surface area contributed by atoms with Gasteiger partial charge < -0.3 is 19.8 Å². The third kappa shape index (κ3) is 4.05. The molecule has 2 heterocycles. The molecular formula is C12H16N2O3. The summed E-state index contributed by atoms with van der Waals surface area (Å²) in [6.07, 6.45) is 4.72. The van der Waals surface area contributed by atoms with E-state index in [2.05, 4.69) is 10.6 Å². The van der Waals surface area contributed by atoms with Crippen molar-refractivity contribution in [1.29, 1.82) is 0 Å². The van der Waals surface area contributed by atoms with Gasteiger partial charge in [0.2, 0.25) is 5.91 Å². The molecule has 0 saturated carbocycles. The van der Waals surface area contributed by atoms with E-state index >= 15 is 0 Å². The molecule has 17 heavy (non-hydrogen) atoms. The van der Waals surface area contributed by atoms with Gasteiger partial charge in [-0.15, -0.1) is 0 Å². The molecule has 0 aromatic carbocycles. The second kappa shape index (κ2) is 6.22. The molecule has 1 saturated heterocycles. The van der Waals surface area contributed by atoms with Crippen LogP contribution in [0.5, 0.6) is 0 Å². The molecule has 0 bridgehead atoms. The van der Waals surface area contributed by atoms with E-state index in [1.807, 2.05) is 0 Å². The van der Waals surface area contributed by atoms with E-state index in [4.69, 9.17) is 9.15 Å². The standard InChI is InChI=1S/C12H16N2O3/c15-12(4-3-10-2-1-6-16-10)14-9-11-8-13-5-7-17-11/h1-4,6,11,13H,5,7-9H2,(H,14,15)/b4-3+. The number of hydrogen-bond acceptors (Lipinski definition) is 4. The van der Waals surface area contributed by atoms with Gasteiger partial charge in [0.05, 0.1) is 19.0 Å². The highest BCUT2D eigenvalue weighted by Gasteiger charge is 2.13. The zero-order valence-electron chi connectivity index (χ0n) is 9.52. The molecule has 1 amide bonds. The molecule has 5 heteroatoms. The van der Waals surface area contributed by atoms with E-state index in [1.54, 1.807) is 24.5 Å². The molecule has 1 atom stereocenters. The number of morpholine rings is 1. The quantitative estimate of drug-likeness (QED) is 0.743. The molecule has 1 aliphatic heterocycles. The summed E-state index contributed by atoms with van der Waals surface area (Å²) < 4.78 is 10.5. The first kappa shape index (κ1) is 11.9. The van der Waals surface area contributed by atoms with E-state index in [0.29, 0.717) is 18.9 Å². The summed E-state index contributed by atoms with van der Waals surface area (Å²) in [4.78, 5) is 11.5. The van der Waals surface area contributed by atoms with E-state index in [0.717, 1.165) is 13.1 Å². The monoisotopic (exact) mass is 236 g/mol. The maximum atomic E-state index is 11.5. The molecular weight excluding hydrogens is 220 g/mol. The highest BCUT2D eigenvalue weighted by Crippen LogP contribution is 2.01. The van der Waals surface area contributed by atoms with Crippen molar-refractivity contribution in [2.45, 2.75) is 6.10 Å². The lowest BCUT2D eigenvalue weighted by molar-refractivity contribution is -0.117. The van der Waals surface area contributed by atoms with Crippen molar-refractivity contribution >= 4 is 12.0 Å². The fraction of sp³-hybridized carbons (Fsp3) is 0.417. The number of hydrogen-bond donors (Lipinski definition) is 2. The van der Waals surface area contributed by atoms with Crippen LogP contribution in [-0.2, 0) is 9.53 Å². The summed E-state index contributed by atoms with van der Waals surface area (Å²) in [5.74, 6) is 0.520. The molecule has 1 unspecified atom stereocenters. The Morgan fingerprint density at radius 2 is 2.59 bits per heavy atom. The summed E-state index contributed by atoms with van der Waals surface area (Å²) in [7, 11) is 0. The summed E-state index contributed by atoms with van der Waals surface area (Å²) in [5, 5.41) is 5.99. The molecule has 2 rings (SSSR count). The van der Waals surface area contributed by atoms with E-state index < -0.39 is 0 Å². The minimum atomic E-state index is -0.143. The van der Waals surface area contributed by atoms with Gasteiger partial charge in [-0.3, -0.25) is 4.79 Å². The maximum absolute atomic E-state index is 11.5. The smallest absolute Gasteiger partial charge is 0.244 e. The number of rotatable bonds is 4. The van der Waals surface area contributed by atoms with Crippen molar-refractivity contribution in [3.8, 4) is 0 Å². The van der Waals surface area contributed by atoms with Crippen molar-refractivity contribution in [1.82, 2.24) is 10.6 Å². The van der Waals surface area contributed by atoms with Gasteiger partial charge in [-0.05, 0) is 18.2 Å². The van der Waals surface area contributed by atoms with Crippen LogP contribution in [0.1, 0.15) is 5.76 Å². The van der Waals surface area contributed by atoms with Crippen LogP contribution < -0.4 is 10.6 Å². The van der Waals surface area contributed by atoms with E-state index in [-0.39, 0.29) is 12.0 Å². The zero-order valence-corrected chi connectivity index (χ0v) is 9.52. The van der Waals surface area contributed by atoms with Crippen LogP contribution in [0.15, 0.2) is 28.9 Å². The molecule has 5 nitrogen and oxygen atoms in total. The van der Waals surface area contributed by atoms with Crippen molar-refractivity contribution < 1.29 is 13.9 Å². The molecule has 0 aliphatic carbocycles. The molecule has 1 aromatic rings. The van der Waals surface area contributed by atoms with E-state index in [1.165, 1.54) is 6.08 Å². The van der Waals surface area contributed by atoms with Crippen LogP contribution >= 0.6 is 0 Å². The topological polar surface area (TPSA) is 63.5 Å². The van der Waals surface area contributed by atoms with Gasteiger partial charge in [0.25, 0.3) is 0 Å². The first-order valence-corrected chi connectivity index (χ1v) is 5.66. The third-order valence-electron chi connectivity index (χ3n) is 2.45. The predicted molar refractivity (Wildman–Crippen MR) is 63.4 cm³/mol. The third-order valence-corrected chi connectivity index (χ3v) is 2.45. The molecule has 1 aliphatic rings. The number of carbonyl (C=O) groups excluding carboxylic acids is 1. The van der Waals surface area contributed by atoms with Gasteiger partial charge in [-0.25, -0.2) is 0 Å². The lowest BCUT2D eigenvalue weighted by Crippen LogP contribution is -2.44. The van der Waals surface area contributed by atoms with E-state index in [9.17, 15) is 4.79 Å². The number of carbonyl (C=O) groups is 1. The van der Waals surface area contributed by atoms with Crippen molar-refractivity contribution in [3.63, 3.8) is 0 Å². The second-order valence-electron chi connectivity index (χ2n) is 3.79. The van der Waals surface area contributed by atoms with Gasteiger partial charge in [0.1, 0.15) is 5.76 Å². The first-order valence-electron chi connectivity index (χ1n) is 5.66. The number of ether oxygens (including phenoxy) is 1. The Kier molecular flexibility index (Phi) is 4.35. The Morgan fingerprint density at radius 1 is 1.65 bits per heavy atom. The summed E-state index contributed by atoms with van der Waals surface area (Å²) in [6, 6.07) is 3.57. The Labute approximate surface area is 99.8 Å². The highest BCUT2D eigenvalue weighted by molar-refractivity contribution is 5.91. The van der Waals surface area contributed by atoms with Crippen LogP contribution in [0.3, 0.4) is 0 Å². The first-order chi connectivity index (χ1) is 8.34. The minimum absolute atomic E-state index is 0.0599. The molecule has 0 radical (unpaired) electrons. The van der Waals surface area contributed by atoms with Crippen LogP contribution in [0.2, 0.25) is 0 Å². The summed E-state index contributed by atoms with van der Waals surface area (Å²) in [5.41, 5.74) is 0. The van der Waals surface area contributed by atoms with Gasteiger partial charge in [0.15, 0.2) is 0 Å². The predicted octanol–water partition coefficient (Wildman–Crippen LogP) is 0.397. The van der Waals surface area contributed by atoms with Gasteiger partial charge in [-0.1, -0.05) is 0 Å². The fourth-order valence-corrected chi connectivity index (χ4v) is 1.57. The molecule has 1 fully saturated rings. The fourth-order valence-electron chi connectivity index (χ4n) is 1.57. The zero-order chi connectivity index (χ0) is 11.9. The Bertz CT molecular complexity index is 367. The number of amides is 1. The van der Waals surface area contributed by atoms with Crippen molar-refractivity contribution in [2.24, 2.45) is 0 Å². The Hall–Kier alpha value is -1.59. The summed E-state index contributed by atoms with van der Waals surface area (Å²) in [6.45, 7) is 2.88. The van der Waals surface area contributed by atoms with Gasteiger partial charge in [0, 0.05) is 25.7 Å². The molecule has 92 valence electrons. The van der Waals surface area contributed by atoms with Crippen molar-refractivity contribution in [2.75, 3.05) is 26.2 Å². The summed E-state index contributed by atoms with van der Waals surface area (Å²) >= 11 is 0. The van der Waals surface area contributed by atoms with Crippen molar-refractivity contribution in [3.05, 3.63) is 30.2 Å². The van der Waals surface area contributed by atoms with Crippen LogP contribution in [0.4, 0.5) is 0 Å². The lowest BCUT2D eigenvalue weighted by atomic mass is 10.3. The SMILES string of the molecule is O=C(/C=C/c1ccco1)NCC1CNCCO1. The average Bonchev–Trinajstić information content (AvgIpc) is 2.88. The van der Waals surface area contributed by atoms with Crippen LogP contribution in [0, 0.1) is 0 Å². The minimum Gasteiger partial charge on any atom is -0.465 e. The molecule has 1 aromatic heterocycles. The Morgan fingerprint density at radius 3 is 3.29 bits per heavy atom. The molecule has 2 N–H and O–H groups in total. The van der Waals surface area contributed by atoms with Crippen LogP contribution in [-0.4, -0.2) is 38.3 Å².